The Morgan fingerprint density at radius 1 is 0.913 bits per heavy atom. The summed E-state index contributed by atoms with van der Waals surface area (Å²) in [6, 6.07) is 14.5. The van der Waals surface area contributed by atoms with E-state index >= 15 is 0 Å². The van der Waals surface area contributed by atoms with Crippen LogP contribution in [-0.4, -0.2) is 103 Å². The van der Waals surface area contributed by atoms with Crippen molar-refractivity contribution in [2.45, 2.75) is 44.7 Å². The molecule has 0 saturated carbocycles. The van der Waals surface area contributed by atoms with Gasteiger partial charge >= 0.3 is 5.97 Å². The third-order valence-electron chi connectivity index (χ3n) is 8.07. The Hall–Kier alpha value is -5.00. The first-order chi connectivity index (χ1) is 22.2. The van der Waals surface area contributed by atoms with E-state index in [4.69, 9.17) is 4.74 Å². The lowest BCUT2D eigenvalue weighted by atomic mass is 10.0. The first kappa shape index (κ1) is 33.9. The molecule has 0 aliphatic carbocycles. The second kappa shape index (κ2) is 16.4. The van der Waals surface area contributed by atoms with Crippen molar-refractivity contribution in [3.8, 4) is 0 Å². The lowest BCUT2D eigenvalue weighted by Gasteiger charge is -2.36. The second-order valence-electron chi connectivity index (χ2n) is 11.2. The van der Waals surface area contributed by atoms with E-state index in [2.05, 4.69) is 22.1 Å². The molecule has 2 saturated heterocycles. The molecular formula is C34H41N5O7. The SMILES string of the molecule is C=CCOC(=O)CNC(=O)C(=O)C(CCC)NC(=O)[C@@H]1CCCN1C(=O)c1ccc(N2CCN(C(=O)c3ccccc3)CC2)cc1. The zero-order valence-corrected chi connectivity index (χ0v) is 26.1. The quantitative estimate of drug-likeness (QED) is 0.194. The summed E-state index contributed by atoms with van der Waals surface area (Å²) < 4.78 is 4.79. The summed E-state index contributed by atoms with van der Waals surface area (Å²) in [5.74, 6) is -3.38. The summed E-state index contributed by atoms with van der Waals surface area (Å²) in [4.78, 5) is 82.0. The van der Waals surface area contributed by atoms with Gasteiger partial charge in [0.05, 0.1) is 6.04 Å². The summed E-state index contributed by atoms with van der Waals surface area (Å²) in [5, 5.41) is 4.89. The van der Waals surface area contributed by atoms with Crippen LogP contribution in [0.4, 0.5) is 5.69 Å². The van der Waals surface area contributed by atoms with Crippen molar-refractivity contribution < 1.29 is 33.5 Å². The lowest BCUT2D eigenvalue weighted by Crippen LogP contribution is -2.53. The fraction of sp³-hybridized carbons (Fsp3) is 0.412. The van der Waals surface area contributed by atoms with Crippen molar-refractivity contribution in [2.75, 3.05) is 50.8 Å². The molecule has 244 valence electrons. The Morgan fingerprint density at radius 2 is 1.59 bits per heavy atom. The van der Waals surface area contributed by atoms with Crippen LogP contribution < -0.4 is 15.5 Å². The molecule has 2 atom stereocenters. The molecular weight excluding hydrogens is 590 g/mol. The summed E-state index contributed by atoms with van der Waals surface area (Å²) in [6.07, 6.45) is 3.16. The van der Waals surface area contributed by atoms with E-state index in [1.54, 1.807) is 12.1 Å². The fourth-order valence-electron chi connectivity index (χ4n) is 5.62. The van der Waals surface area contributed by atoms with Crippen LogP contribution in [0.3, 0.4) is 0 Å². The van der Waals surface area contributed by atoms with Crippen molar-refractivity contribution >= 4 is 41.1 Å². The topological polar surface area (TPSA) is 145 Å². The number of hydrogen-bond donors (Lipinski definition) is 2. The van der Waals surface area contributed by atoms with Gasteiger partial charge in [-0.05, 0) is 55.7 Å². The normalized spacial score (nSPS) is 16.7. The number of benzene rings is 2. The van der Waals surface area contributed by atoms with Crippen LogP contribution in [0.25, 0.3) is 0 Å². The second-order valence-corrected chi connectivity index (χ2v) is 11.2. The molecule has 4 amide bonds. The predicted octanol–water partition coefficient (Wildman–Crippen LogP) is 1.95. The molecule has 12 nitrogen and oxygen atoms in total. The monoisotopic (exact) mass is 631 g/mol. The van der Waals surface area contributed by atoms with Crippen LogP contribution in [0.5, 0.6) is 0 Å². The molecule has 2 heterocycles. The Balaban J connectivity index is 1.32. The van der Waals surface area contributed by atoms with Crippen molar-refractivity contribution in [1.29, 1.82) is 0 Å². The molecule has 2 fully saturated rings. The number of rotatable bonds is 13. The number of carbonyl (C=O) groups is 6. The highest BCUT2D eigenvalue weighted by Gasteiger charge is 2.37. The zero-order chi connectivity index (χ0) is 33.1. The van der Waals surface area contributed by atoms with E-state index < -0.39 is 42.2 Å². The number of carbonyl (C=O) groups excluding carboxylic acids is 6. The summed E-state index contributed by atoms with van der Waals surface area (Å²) in [6.45, 7) is 7.63. The number of hydrogen-bond acceptors (Lipinski definition) is 8. The number of anilines is 1. The number of ketones is 1. The molecule has 46 heavy (non-hydrogen) atoms. The number of nitrogens with one attached hydrogen (secondary N) is 2. The standard InChI is InChI=1S/C34H41N5O7/c1-3-9-27(30(41)32(43)35-23-29(40)46-22-4-2)36-31(42)28-12-8-17-39(28)34(45)25-13-15-26(16-14-25)37-18-20-38(21-19-37)33(44)24-10-6-5-7-11-24/h4-7,10-11,13-16,27-28H,2-3,8-9,12,17-23H2,1H3,(H,35,43)(H,36,42)/t27?,28-/m0/s1. The van der Waals surface area contributed by atoms with E-state index in [1.165, 1.54) is 11.0 Å². The number of ether oxygens (including phenoxy) is 1. The van der Waals surface area contributed by atoms with Crippen LogP contribution in [0, 0.1) is 0 Å². The van der Waals surface area contributed by atoms with Gasteiger partial charge in [0.1, 0.15) is 19.2 Å². The number of Topliss-reactive ketones (excluding diaryl/α,β-unsaturated/α-hetero) is 1. The molecule has 2 aromatic carbocycles. The lowest BCUT2D eigenvalue weighted by molar-refractivity contribution is -0.145. The van der Waals surface area contributed by atoms with Gasteiger partial charge < -0.3 is 30.1 Å². The zero-order valence-electron chi connectivity index (χ0n) is 26.1. The number of esters is 1. The molecule has 0 aromatic heterocycles. The van der Waals surface area contributed by atoms with Gasteiger partial charge in [-0.15, -0.1) is 0 Å². The number of likely N-dealkylation sites (tertiary alicyclic amines) is 1. The van der Waals surface area contributed by atoms with Gasteiger partial charge in [0, 0.05) is 49.5 Å². The molecule has 2 N–H and O–H groups in total. The Bertz CT molecular complexity index is 1420. The smallest absolute Gasteiger partial charge is 0.325 e. The predicted molar refractivity (Wildman–Crippen MR) is 171 cm³/mol. The van der Waals surface area contributed by atoms with Crippen LogP contribution in [0.1, 0.15) is 53.3 Å². The number of piperazine rings is 1. The molecule has 1 unspecified atom stereocenters. The maximum Gasteiger partial charge on any atom is 0.325 e. The average molecular weight is 632 g/mol. The van der Waals surface area contributed by atoms with E-state index in [1.807, 2.05) is 54.3 Å². The summed E-state index contributed by atoms with van der Waals surface area (Å²) in [5.41, 5.74) is 2.04. The molecule has 2 aliphatic rings. The molecule has 0 spiro atoms. The van der Waals surface area contributed by atoms with Crippen molar-refractivity contribution in [2.24, 2.45) is 0 Å². The molecule has 12 heteroatoms. The van der Waals surface area contributed by atoms with Gasteiger partial charge in [-0.1, -0.05) is 44.2 Å². The maximum absolute atomic E-state index is 13.5. The van der Waals surface area contributed by atoms with E-state index in [9.17, 15) is 28.8 Å². The summed E-state index contributed by atoms with van der Waals surface area (Å²) in [7, 11) is 0. The molecule has 2 aliphatic heterocycles. The van der Waals surface area contributed by atoms with Crippen LogP contribution in [-0.2, 0) is 23.9 Å². The largest absolute Gasteiger partial charge is 0.460 e. The van der Waals surface area contributed by atoms with Gasteiger partial charge in [-0.2, -0.15) is 0 Å². The Morgan fingerprint density at radius 3 is 2.24 bits per heavy atom. The minimum atomic E-state index is -1.10. The van der Waals surface area contributed by atoms with Gasteiger partial charge in [0.25, 0.3) is 17.7 Å². The minimum absolute atomic E-state index is 0.0144. The van der Waals surface area contributed by atoms with Gasteiger partial charge in [0.2, 0.25) is 11.7 Å². The van der Waals surface area contributed by atoms with Crippen LogP contribution >= 0.6 is 0 Å². The Labute approximate surface area is 268 Å². The minimum Gasteiger partial charge on any atom is -0.460 e. The highest BCUT2D eigenvalue weighted by atomic mass is 16.5. The van der Waals surface area contributed by atoms with Gasteiger partial charge in [-0.25, -0.2) is 0 Å². The Kier molecular flexibility index (Phi) is 12.0. The third-order valence-corrected chi connectivity index (χ3v) is 8.07. The highest BCUT2D eigenvalue weighted by molar-refractivity contribution is 6.38. The number of amides is 4. The average Bonchev–Trinajstić information content (AvgIpc) is 3.59. The molecule has 4 rings (SSSR count). The van der Waals surface area contributed by atoms with E-state index in [-0.39, 0.29) is 24.8 Å². The van der Waals surface area contributed by atoms with Crippen LogP contribution in [0.15, 0.2) is 67.3 Å². The summed E-state index contributed by atoms with van der Waals surface area (Å²) >= 11 is 0. The third kappa shape index (κ3) is 8.58. The van der Waals surface area contributed by atoms with Crippen molar-refractivity contribution in [3.63, 3.8) is 0 Å². The highest BCUT2D eigenvalue weighted by Crippen LogP contribution is 2.23. The first-order valence-electron chi connectivity index (χ1n) is 15.6. The van der Waals surface area contributed by atoms with Gasteiger partial charge in [0.15, 0.2) is 0 Å². The fourth-order valence-corrected chi connectivity index (χ4v) is 5.62. The molecule has 2 aromatic rings. The van der Waals surface area contributed by atoms with Crippen molar-refractivity contribution in [3.05, 3.63) is 78.4 Å². The van der Waals surface area contributed by atoms with Gasteiger partial charge in [-0.3, -0.25) is 28.8 Å². The number of nitrogens with zero attached hydrogens (tertiary/aromatic N) is 3. The van der Waals surface area contributed by atoms with E-state index in [0.29, 0.717) is 63.1 Å². The molecule has 0 bridgehead atoms. The van der Waals surface area contributed by atoms with Crippen molar-refractivity contribution in [1.82, 2.24) is 20.4 Å². The first-order valence-corrected chi connectivity index (χ1v) is 15.6. The van der Waals surface area contributed by atoms with Crippen LogP contribution in [0.2, 0.25) is 0 Å². The van der Waals surface area contributed by atoms with E-state index in [0.717, 1.165) is 5.69 Å². The maximum atomic E-state index is 13.5. The molecule has 0 radical (unpaired) electrons.